The molecule has 1 N–H and O–H groups in total. The Labute approximate surface area is 170 Å². The van der Waals surface area contributed by atoms with E-state index in [4.69, 9.17) is 18.2 Å². The highest BCUT2D eigenvalue weighted by molar-refractivity contribution is 6.31. The van der Waals surface area contributed by atoms with Gasteiger partial charge in [0.2, 0.25) is 0 Å². The van der Waals surface area contributed by atoms with E-state index in [1.807, 2.05) is 0 Å². The van der Waals surface area contributed by atoms with Gasteiger partial charge >= 0.3 is 6.18 Å². The fourth-order valence-electron chi connectivity index (χ4n) is 3.12. The number of aliphatic hydroxyl groups is 1. The smallest absolute Gasteiger partial charge is 0.380 e. The number of rotatable bonds is 5. The lowest BCUT2D eigenvalue weighted by atomic mass is 9.94. The highest BCUT2D eigenvalue weighted by atomic mass is 35.5. The Hall–Kier alpha value is -2.82. The van der Waals surface area contributed by atoms with E-state index in [0.29, 0.717) is 5.02 Å². The summed E-state index contributed by atoms with van der Waals surface area (Å²) in [6.45, 7) is 8.13. The van der Waals surface area contributed by atoms with Crippen molar-refractivity contribution in [2.24, 2.45) is 0 Å². The van der Waals surface area contributed by atoms with Crippen LogP contribution in [-0.4, -0.2) is 21.1 Å². The Kier molecular flexibility index (Phi) is 5.44. The van der Waals surface area contributed by atoms with Crippen molar-refractivity contribution in [3.05, 3.63) is 76.2 Å². The second-order valence-corrected chi connectivity index (χ2v) is 7.42. The first-order chi connectivity index (χ1) is 13.5. The van der Waals surface area contributed by atoms with Gasteiger partial charge < -0.3 is 9.67 Å². The van der Waals surface area contributed by atoms with Gasteiger partial charge in [0.1, 0.15) is 5.60 Å². The molecule has 3 rings (SSSR count). The second-order valence-electron chi connectivity index (χ2n) is 6.98. The standard InChI is InChI=1S/C21H16ClF3N2O2/c1-20(29,12-27-8-7-14-11-15(22)4-6-18(14)27)19(28)10-13-3-5-17(26-2)16(9-13)21(23,24)25/h3-9,11,29H,10,12H2,1H3/t20-/m0/s1. The summed E-state index contributed by atoms with van der Waals surface area (Å²) in [7, 11) is 0. The van der Waals surface area contributed by atoms with Crippen LogP contribution >= 0.6 is 11.6 Å². The number of hydrogen-bond acceptors (Lipinski definition) is 2. The molecule has 0 fully saturated rings. The molecule has 0 aliphatic rings. The van der Waals surface area contributed by atoms with Gasteiger partial charge in [0.05, 0.1) is 18.7 Å². The largest absolute Gasteiger partial charge is 0.407 e. The third kappa shape index (κ3) is 4.44. The number of hydrogen-bond donors (Lipinski definition) is 1. The minimum atomic E-state index is -4.70. The molecule has 8 heteroatoms. The van der Waals surface area contributed by atoms with Gasteiger partial charge in [0.25, 0.3) is 0 Å². The molecule has 0 saturated heterocycles. The zero-order valence-corrected chi connectivity index (χ0v) is 16.1. The number of fused-ring (bicyclic) bond motifs is 1. The number of ketones is 1. The topological polar surface area (TPSA) is 46.6 Å². The van der Waals surface area contributed by atoms with Gasteiger partial charge in [-0.3, -0.25) is 4.79 Å². The Morgan fingerprint density at radius 1 is 1.21 bits per heavy atom. The van der Waals surface area contributed by atoms with Crippen molar-refractivity contribution in [3.8, 4) is 0 Å². The summed E-state index contributed by atoms with van der Waals surface area (Å²) < 4.78 is 41.1. The van der Waals surface area contributed by atoms with E-state index in [2.05, 4.69) is 4.85 Å². The van der Waals surface area contributed by atoms with Crippen LogP contribution in [0.3, 0.4) is 0 Å². The average molecular weight is 421 g/mol. The summed E-state index contributed by atoms with van der Waals surface area (Å²) in [5, 5.41) is 12.1. The van der Waals surface area contributed by atoms with Crippen molar-refractivity contribution in [3.63, 3.8) is 0 Å². The molecule has 4 nitrogen and oxygen atoms in total. The molecule has 0 radical (unpaired) electrons. The van der Waals surface area contributed by atoms with E-state index in [0.717, 1.165) is 23.0 Å². The number of alkyl halides is 3. The lowest BCUT2D eigenvalue weighted by molar-refractivity contribution is -0.138. The molecule has 0 aliphatic carbocycles. The number of Topliss-reactive ketones (excluding diaryl/α,β-unsaturated/α-hetero) is 1. The fraction of sp³-hybridized carbons (Fsp3) is 0.238. The predicted molar refractivity (Wildman–Crippen MR) is 104 cm³/mol. The summed E-state index contributed by atoms with van der Waals surface area (Å²) in [5.41, 5.74) is -2.58. The molecule has 1 heterocycles. The average Bonchev–Trinajstić information content (AvgIpc) is 3.02. The minimum absolute atomic E-state index is 0.0662. The van der Waals surface area contributed by atoms with Gasteiger partial charge in [-0.1, -0.05) is 29.8 Å². The van der Waals surface area contributed by atoms with Crippen molar-refractivity contribution in [2.45, 2.75) is 31.7 Å². The quantitative estimate of drug-likeness (QED) is 0.560. The lowest BCUT2D eigenvalue weighted by Gasteiger charge is -2.23. The molecule has 1 aromatic heterocycles. The molecule has 3 aromatic rings. The van der Waals surface area contributed by atoms with Crippen LogP contribution in [0.15, 0.2) is 48.7 Å². The zero-order valence-electron chi connectivity index (χ0n) is 15.3. The zero-order chi connectivity index (χ0) is 21.4. The maximum atomic E-state index is 13.1. The van der Waals surface area contributed by atoms with Gasteiger partial charge in [-0.25, -0.2) is 4.85 Å². The normalized spacial score (nSPS) is 13.8. The van der Waals surface area contributed by atoms with Crippen LogP contribution < -0.4 is 0 Å². The number of carbonyl (C=O) groups is 1. The summed E-state index contributed by atoms with van der Waals surface area (Å²) in [5.74, 6) is -0.628. The molecular weight excluding hydrogens is 405 g/mol. The van der Waals surface area contributed by atoms with E-state index in [9.17, 15) is 23.1 Å². The Morgan fingerprint density at radius 3 is 2.59 bits per heavy atom. The van der Waals surface area contributed by atoms with Crippen LogP contribution in [0.5, 0.6) is 0 Å². The van der Waals surface area contributed by atoms with E-state index in [1.165, 1.54) is 13.0 Å². The summed E-state index contributed by atoms with van der Waals surface area (Å²) in [6, 6.07) is 10.1. The predicted octanol–water partition coefficient (Wildman–Crippen LogP) is 5.43. The molecule has 0 aliphatic heterocycles. The highest BCUT2D eigenvalue weighted by Gasteiger charge is 2.35. The van der Waals surface area contributed by atoms with Crippen LogP contribution in [0.4, 0.5) is 18.9 Å². The molecule has 0 spiro atoms. The van der Waals surface area contributed by atoms with Gasteiger partial charge in [-0.2, -0.15) is 13.2 Å². The van der Waals surface area contributed by atoms with Gasteiger partial charge in [0.15, 0.2) is 11.5 Å². The number of aromatic nitrogens is 1. The number of halogens is 4. The van der Waals surface area contributed by atoms with Crippen molar-refractivity contribution >= 4 is 34.0 Å². The van der Waals surface area contributed by atoms with Crippen molar-refractivity contribution < 1.29 is 23.1 Å². The Morgan fingerprint density at radius 2 is 1.93 bits per heavy atom. The molecule has 2 aromatic carbocycles. The van der Waals surface area contributed by atoms with Gasteiger partial charge in [-0.15, -0.1) is 0 Å². The van der Waals surface area contributed by atoms with Gasteiger partial charge in [-0.05, 0) is 36.8 Å². The lowest BCUT2D eigenvalue weighted by Crippen LogP contribution is -2.40. The minimum Gasteiger partial charge on any atom is -0.380 e. The van der Waals surface area contributed by atoms with Crippen LogP contribution in [0.25, 0.3) is 15.7 Å². The molecule has 0 amide bonds. The van der Waals surface area contributed by atoms with Crippen LogP contribution in [0, 0.1) is 6.57 Å². The molecule has 1 atom stereocenters. The summed E-state index contributed by atoms with van der Waals surface area (Å²) in [4.78, 5) is 15.5. The molecule has 29 heavy (non-hydrogen) atoms. The van der Waals surface area contributed by atoms with Crippen LogP contribution in [-0.2, 0) is 23.9 Å². The molecular formula is C21H16ClF3N2O2. The summed E-state index contributed by atoms with van der Waals surface area (Å²) >= 11 is 5.96. The number of nitrogens with zero attached hydrogens (tertiary/aromatic N) is 2. The third-order valence-corrected chi connectivity index (χ3v) is 4.90. The first-order valence-corrected chi connectivity index (χ1v) is 8.97. The van der Waals surface area contributed by atoms with Crippen LogP contribution in [0.1, 0.15) is 18.1 Å². The molecule has 0 unspecified atom stereocenters. The van der Waals surface area contributed by atoms with Crippen molar-refractivity contribution in [1.29, 1.82) is 0 Å². The monoisotopic (exact) mass is 420 g/mol. The summed E-state index contributed by atoms with van der Waals surface area (Å²) in [6.07, 6.45) is -3.39. The van der Waals surface area contributed by atoms with E-state index >= 15 is 0 Å². The number of carbonyl (C=O) groups excluding carboxylic acids is 1. The second kappa shape index (κ2) is 7.54. The van der Waals surface area contributed by atoms with Crippen molar-refractivity contribution in [2.75, 3.05) is 0 Å². The van der Waals surface area contributed by atoms with Gasteiger partial charge in [0, 0.05) is 28.5 Å². The van der Waals surface area contributed by atoms with E-state index < -0.39 is 28.8 Å². The first-order valence-electron chi connectivity index (χ1n) is 8.59. The Balaban J connectivity index is 1.83. The van der Waals surface area contributed by atoms with E-state index in [1.54, 1.807) is 35.0 Å². The van der Waals surface area contributed by atoms with E-state index in [-0.39, 0.29) is 18.5 Å². The fourth-order valence-corrected chi connectivity index (χ4v) is 3.30. The van der Waals surface area contributed by atoms with Crippen molar-refractivity contribution in [1.82, 2.24) is 4.57 Å². The number of benzene rings is 2. The first kappa shape index (κ1) is 20.9. The maximum Gasteiger partial charge on any atom is 0.407 e. The van der Waals surface area contributed by atoms with Crippen LogP contribution in [0.2, 0.25) is 5.02 Å². The Bertz CT molecular complexity index is 1130. The highest BCUT2D eigenvalue weighted by Crippen LogP contribution is 2.37. The SMILES string of the molecule is [C-]#[N+]c1ccc(CC(=O)[C@@](C)(O)Cn2ccc3cc(Cl)ccc32)cc1C(F)(F)F. The molecule has 0 bridgehead atoms. The third-order valence-electron chi connectivity index (χ3n) is 4.66. The maximum absolute atomic E-state index is 13.1. The molecule has 150 valence electrons. The molecule has 0 saturated carbocycles.